The summed E-state index contributed by atoms with van der Waals surface area (Å²) in [5.74, 6) is -3.35. The Kier molecular flexibility index (Phi) is 7.45. The van der Waals surface area contributed by atoms with Crippen molar-refractivity contribution in [3.63, 3.8) is 0 Å². The summed E-state index contributed by atoms with van der Waals surface area (Å²) in [5.41, 5.74) is 1.06. The van der Waals surface area contributed by atoms with E-state index in [2.05, 4.69) is 0 Å². The van der Waals surface area contributed by atoms with E-state index in [-0.39, 0.29) is 23.1 Å². The molecule has 2 heterocycles. The Hall–Kier alpha value is -2.61. The summed E-state index contributed by atoms with van der Waals surface area (Å²) >= 11 is 12.6. The number of carbonyl (C=O) groups excluding carboxylic acids is 2. The smallest absolute Gasteiger partial charge is 0.313 e. The first-order chi connectivity index (χ1) is 16.3. The van der Waals surface area contributed by atoms with Crippen LogP contribution in [0.4, 0.5) is 0 Å². The summed E-state index contributed by atoms with van der Waals surface area (Å²) in [6.45, 7) is 2.88. The van der Waals surface area contributed by atoms with Crippen molar-refractivity contribution in [2.24, 2.45) is 5.92 Å². The van der Waals surface area contributed by atoms with E-state index < -0.39 is 29.8 Å². The molecule has 2 aliphatic heterocycles. The lowest BCUT2D eigenvalue weighted by Gasteiger charge is -2.46. The standard InChI is InChI=1S/C25H26Cl2N2O5/c1-2-34-14-15-7-5-6-12-28(23(15)30)29-22(19-11-10-16(26)13-20(19)27)21(25(32)33)17-8-3-4-9-18(17)24(29)31/h3-4,8-11,13,15,21-22H,2,5-7,12,14H2,1H3,(H,32,33)/t15?,21?,22-/m0/s1. The number of hydrazine groups is 1. The lowest BCUT2D eigenvalue weighted by Crippen LogP contribution is -2.57. The number of benzene rings is 2. The van der Waals surface area contributed by atoms with Crippen LogP contribution < -0.4 is 0 Å². The minimum atomic E-state index is -1.13. The molecule has 2 aliphatic rings. The van der Waals surface area contributed by atoms with Crippen molar-refractivity contribution >= 4 is 41.0 Å². The summed E-state index contributed by atoms with van der Waals surface area (Å²) in [6.07, 6.45) is 2.12. The Balaban J connectivity index is 1.89. The number of hydrogen-bond acceptors (Lipinski definition) is 4. The third-order valence-electron chi connectivity index (χ3n) is 6.42. The van der Waals surface area contributed by atoms with Crippen LogP contribution >= 0.6 is 23.2 Å². The molecule has 0 radical (unpaired) electrons. The maximum Gasteiger partial charge on any atom is 0.313 e. The average Bonchev–Trinajstić information content (AvgIpc) is 2.98. The van der Waals surface area contributed by atoms with Gasteiger partial charge in [0.05, 0.1) is 18.6 Å². The van der Waals surface area contributed by atoms with Crippen molar-refractivity contribution in [3.05, 3.63) is 69.2 Å². The topological polar surface area (TPSA) is 87.2 Å². The highest BCUT2D eigenvalue weighted by atomic mass is 35.5. The maximum atomic E-state index is 13.9. The molecule has 0 bridgehead atoms. The predicted molar refractivity (Wildman–Crippen MR) is 128 cm³/mol. The van der Waals surface area contributed by atoms with E-state index in [4.69, 9.17) is 27.9 Å². The molecule has 0 aromatic heterocycles. The summed E-state index contributed by atoms with van der Waals surface area (Å²) in [7, 11) is 0. The molecule has 0 saturated carbocycles. The molecule has 4 rings (SSSR count). The molecule has 1 saturated heterocycles. The number of ether oxygens (including phenoxy) is 1. The van der Waals surface area contributed by atoms with Gasteiger partial charge >= 0.3 is 5.97 Å². The Labute approximate surface area is 208 Å². The second-order valence-electron chi connectivity index (χ2n) is 8.48. The number of carbonyl (C=O) groups is 3. The highest BCUT2D eigenvalue weighted by Crippen LogP contribution is 2.46. The molecule has 9 heteroatoms. The van der Waals surface area contributed by atoms with Crippen LogP contribution in [0.25, 0.3) is 0 Å². The normalized spacial score (nSPS) is 23.0. The fourth-order valence-electron chi connectivity index (χ4n) is 4.83. The SMILES string of the molecule is CCOCC1CCCCN(N2C(=O)c3ccccc3C(C(=O)O)[C@@H]2c2ccc(Cl)cc2Cl)C1=O. The molecule has 34 heavy (non-hydrogen) atoms. The molecule has 180 valence electrons. The van der Waals surface area contributed by atoms with Crippen LogP contribution in [-0.2, 0) is 14.3 Å². The number of nitrogens with zero attached hydrogens (tertiary/aromatic N) is 2. The van der Waals surface area contributed by atoms with Gasteiger partial charge in [0.25, 0.3) is 5.91 Å². The first-order valence-electron chi connectivity index (χ1n) is 11.3. The molecule has 2 aromatic rings. The molecule has 3 atom stereocenters. The zero-order chi connectivity index (χ0) is 24.4. The molecule has 1 N–H and O–H groups in total. The van der Waals surface area contributed by atoms with E-state index in [1.54, 1.807) is 36.4 Å². The summed E-state index contributed by atoms with van der Waals surface area (Å²) in [5, 5.41) is 13.7. The van der Waals surface area contributed by atoms with E-state index >= 15 is 0 Å². The van der Waals surface area contributed by atoms with Crippen molar-refractivity contribution in [2.75, 3.05) is 19.8 Å². The first kappa shape index (κ1) is 24.5. The van der Waals surface area contributed by atoms with Crippen LogP contribution in [0, 0.1) is 5.92 Å². The number of hydrogen-bond donors (Lipinski definition) is 1. The lowest BCUT2D eigenvalue weighted by molar-refractivity contribution is -0.159. The van der Waals surface area contributed by atoms with Crippen molar-refractivity contribution in [3.8, 4) is 0 Å². The summed E-state index contributed by atoms with van der Waals surface area (Å²) in [6, 6.07) is 10.3. The van der Waals surface area contributed by atoms with Gasteiger partial charge < -0.3 is 9.84 Å². The van der Waals surface area contributed by atoms with Gasteiger partial charge in [-0.1, -0.05) is 53.9 Å². The van der Waals surface area contributed by atoms with Crippen LogP contribution in [0.15, 0.2) is 42.5 Å². The second kappa shape index (κ2) is 10.3. The van der Waals surface area contributed by atoms with Crippen LogP contribution in [0.1, 0.15) is 59.6 Å². The zero-order valence-corrected chi connectivity index (χ0v) is 20.3. The molecule has 2 amide bonds. The van der Waals surface area contributed by atoms with Gasteiger partial charge in [-0.15, -0.1) is 0 Å². The first-order valence-corrected chi connectivity index (χ1v) is 12.1. The van der Waals surface area contributed by atoms with Gasteiger partial charge in [-0.05, 0) is 49.1 Å². The van der Waals surface area contributed by atoms with Gasteiger partial charge in [-0.25, -0.2) is 5.01 Å². The van der Waals surface area contributed by atoms with Gasteiger partial charge in [-0.3, -0.25) is 19.4 Å². The number of carboxylic acids is 1. The van der Waals surface area contributed by atoms with Crippen LogP contribution in [0.5, 0.6) is 0 Å². The Bertz CT molecular complexity index is 1110. The minimum absolute atomic E-state index is 0.231. The molecule has 2 aromatic carbocycles. The number of amides is 2. The van der Waals surface area contributed by atoms with E-state index in [0.717, 1.165) is 6.42 Å². The third-order valence-corrected chi connectivity index (χ3v) is 6.98. The van der Waals surface area contributed by atoms with Gasteiger partial charge in [-0.2, -0.15) is 0 Å². The third kappa shape index (κ3) is 4.52. The fourth-order valence-corrected chi connectivity index (χ4v) is 5.35. The van der Waals surface area contributed by atoms with Gasteiger partial charge in [0, 0.05) is 28.8 Å². The van der Waals surface area contributed by atoms with Crippen LogP contribution in [0.3, 0.4) is 0 Å². The van der Waals surface area contributed by atoms with Crippen molar-refractivity contribution in [2.45, 2.75) is 38.1 Å². The molecule has 0 aliphatic carbocycles. The molecular weight excluding hydrogens is 479 g/mol. The van der Waals surface area contributed by atoms with Gasteiger partial charge in [0.2, 0.25) is 5.91 Å². The van der Waals surface area contributed by atoms with E-state index in [1.807, 2.05) is 6.92 Å². The highest BCUT2D eigenvalue weighted by molar-refractivity contribution is 6.35. The Morgan fingerprint density at radius 3 is 2.59 bits per heavy atom. The van der Waals surface area contributed by atoms with E-state index in [1.165, 1.54) is 16.1 Å². The quantitative estimate of drug-likeness (QED) is 0.601. The fraction of sp³-hybridized carbons (Fsp3) is 0.400. The molecule has 1 fully saturated rings. The van der Waals surface area contributed by atoms with Crippen LogP contribution in [0.2, 0.25) is 10.0 Å². The summed E-state index contributed by atoms with van der Waals surface area (Å²) < 4.78 is 5.54. The summed E-state index contributed by atoms with van der Waals surface area (Å²) in [4.78, 5) is 40.2. The number of halogens is 2. The average molecular weight is 505 g/mol. The van der Waals surface area contributed by atoms with E-state index in [9.17, 15) is 19.5 Å². The van der Waals surface area contributed by atoms with Crippen molar-refractivity contribution < 1.29 is 24.2 Å². The van der Waals surface area contributed by atoms with Gasteiger partial charge in [0.15, 0.2) is 0 Å². The molecule has 2 unspecified atom stereocenters. The van der Waals surface area contributed by atoms with Gasteiger partial charge in [0.1, 0.15) is 5.92 Å². The van der Waals surface area contributed by atoms with E-state index in [0.29, 0.717) is 42.1 Å². The molecule has 0 spiro atoms. The number of aliphatic carboxylic acids is 1. The molecular formula is C25H26Cl2N2O5. The predicted octanol–water partition coefficient (Wildman–Crippen LogP) is 4.94. The maximum absolute atomic E-state index is 13.9. The largest absolute Gasteiger partial charge is 0.481 e. The number of fused-ring (bicyclic) bond motifs is 1. The highest BCUT2D eigenvalue weighted by Gasteiger charge is 2.49. The lowest BCUT2D eigenvalue weighted by atomic mass is 9.80. The number of carboxylic acid groups (broad SMARTS) is 1. The van der Waals surface area contributed by atoms with Crippen molar-refractivity contribution in [1.82, 2.24) is 10.0 Å². The van der Waals surface area contributed by atoms with Crippen LogP contribution in [-0.4, -0.2) is 52.7 Å². The van der Waals surface area contributed by atoms with Crippen molar-refractivity contribution in [1.29, 1.82) is 0 Å². The monoisotopic (exact) mass is 504 g/mol. The second-order valence-corrected chi connectivity index (χ2v) is 9.32. The minimum Gasteiger partial charge on any atom is -0.481 e. The molecule has 7 nitrogen and oxygen atoms in total. The number of rotatable bonds is 6. The zero-order valence-electron chi connectivity index (χ0n) is 18.7. The Morgan fingerprint density at radius 1 is 1.12 bits per heavy atom. The Morgan fingerprint density at radius 2 is 1.88 bits per heavy atom.